The van der Waals surface area contributed by atoms with Gasteiger partial charge in [-0.25, -0.2) is 4.79 Å². The Hall–Kier alpha value is -2.59. The van der Waals surface area contributed by atoms with Crippen molar-refractivity contribution < 1.29 is 19.8 Å². The molecule has 0 amide bonds. The van der Waals surface area contributed by atoms with Gasteiger partial charge < -0.3 is 10.2 Å². The molecule has 0 aliphatic heterocycles. The van der Waals surface area contributed by atoms with Crippen LogP contribution < -0.4 is 0 Å². The molecule has 0 radical (unpaired) electrons. The van der Waals surface area contributed by atoms with Gasteiger partial charge in [-0.05, 0) is 29.7 Å². The van der Waals surface area contributed by atoms with Crippen LogP contribution in [0.3, 0.4) is 0 Å². The number of benzene rings is 2. The number of carboxylic acids is 1. The number of hydrogen-bond acceptors (Lipinski definition) is 3. The highest BCUT2D eigenvalue weighted by Crippen LogP contribution is 2.21. The molecule has 0 heterocycles. The number of rotatable bonds is 5. The van der Waals surface area contributed by atoms with Crippen molar-refractivity contribution in [2.45, 2.75) is 6.42 Å². The quantitative estimate of drug-likeness (QED) is 0.503. The number of ketones is 1. The Morgan fingerprint density at radius 2 is 1.77 bits per heavy atom. The summed E-state index contributed by atoms with van der Waals surface area (Å²) in [6, 6.07) is 14.3. The molecule has 4 nitrogen and oxygen atoms in total. The van der Waals surface area contributed by atoms with Gasteiger partial charge in [0.15, 0.2) is 0 Å². The van der Waals surface area contributed by atoms with Crippen LogP contribution in [0, 0.1) is 0 Å². The first kappa shape index (κ1) is 15.8. The Balaban J connectivity index is 2.25. The fraction of sp³-hybridized carbons (Fsp3) is 0.0588. The molecule has 0 bridgehead atoms. The van der Waals surface area contributed by atoms with E-state index in [0.29, 0.717) is 23.1 Å². The first-order valence-electron chi connectivity index (χ1n) is 6.48. The van der Waals surface area contributed by atoms with Gasteiger partial charge in [0, 0.05) is 16.7 Å². The molecule has 0 unspecified atom stereocenters. The van der Waals surface area contributed by atoms with E-state index in [1.54, 1.807) is 24.3 Å². The molecule has 0 aliphatic rings. The summed E-state index contributed by atoms with van der Waals surface area (Å²) < 4.78 is 0. The number of aliphatic hydroxyl groups is 1. The number of carboxylic acid groups (broad SMARTS) is 1. The topological polar surface area (TPSA) is 74.6 Å². The van der Waals surface area contributed by atoms with Crippen LogP contribution in [0.5, 0.6) is 0 Å². The zero-order valence-corrected chi connectivity index (χ0v) is 12.2. The maximum absolute atomic E-state index is 11.1. The maximum atomic E-state index is 11.1. The highest BCUT2D eigenvalue weighted by molar-refractivity contribution is 6.38. The van der Waals surface area contributed by atoms with E-state index in [2.05, 4.69) is 0 Å². The molecule has 0 atom stereocenters. The lowest BCUT2D eigenvalue weighted by Gasteiger charge is -2.06. The molecular weight excluding hydrogens is 304 g/mol. The number of aliphatic carboxylic acids is 1. The summed E-state index contributed by atoms with van der Waals surface area (Å²) in [5, 5.41) is 19.0. The number of carbonyl (C=O) groups excluding carboxylic acids is 1. The molecule has 0 fully saturated rings. The van der Waals surface area contributed by atoms with Crippen molar-refractivity contribution in [1.82, 2.24) is 0 Å². The van der Waals surface area contributed by atoms with Crippen LogP contribution in [0.2, 0.25) is 5.02 Å². The van der Waals surface area contributed by atoms with Gasteiger partial charge in [-0.3, -0.25) is 4.79 Å². The van der Waals surface area contributed by atoms with Crippen molar-refractivity contribution in [2.24, 2.45) is 0 Å². The van der Waals surface area contributed by atoms with Crippen LogP contribution in [-0.4, -0.2) is 22.0 Å². The number of hydrogen-bond donors (Lipinski definition) is 2. The summed E-state index contributed by atoms with van der Waals surface area (Å²) in [6.45, 7) is 0. The SMILES string of the molecule is O=C(O)C(=O)/C=C(/O)c1cccc(Cc2ccccc2Cl)c1. The zero-order chi connectivity index (χ0) is 16.1. The molecule has 0 spiro atoms. The van der Waals surface area contributed by atoms with Crippen molar-refractivity contribution in [1.29, 1.82) is 0 Å². The normalized spacial score (nSPS) is 11.2. The van der Waals surface area contributed by atoms with Crippen molar-refractivity contribution in [3.05, 3.63) is 76.3 Å². The van der Waals surface area contributed by atoms with Crippen molar-refractivity contribution in [3.63, 3.8) is 0 Å². The van der Waals surface area contributed by atoms with E-state index in [4.69, 9.17) is 16.7 Å². The highest BCUT2D eigenvalue weighted by Gasteiger charge is 2.11. The smallest absolute Gasteiger partial charge is 0.376 e. The van der Waals surface area contributed by atoms with E-state index in [9.17, 15) is 14.7 Å². The molecule has 22 heavy (non-hydrogen) atoms. The Morgan fingerprint density at radius 3 is 2.45 bits per heavy atom. The third-order valence-electron chi connectivity index (χ3n) is 3.05. The van der Waals surface area contributed by atoms with Gasteiger partial charge in [0.05, 0.1) is 0 Å². The van der Waals surface area contributed by atoms with Crippen LogP contribution in [0.15, 0.2) is 54.6 Å². The van der Waals surface area contributed by atoms with Gasteiger partial charge in [-0.1, -0.05) is 48.0 Å². The largest absolute Gasteiger partial charge is 0.507 e. The van der Waals surface area contributed by atoms with Gasteiger partial charge in [-0.2, -0.15) is 0 Å². The molecule has 2 N–H and O–H groups in total. The van der Waals surface area contributed by atoms with E-state index in [1.807, 2.05) is 24.3 Å². The molecule has 5 heteroatoms. The molecule has 0 saturated carbocycles. The lowest BCUT2D eigenvalue weighted by Crippen LogP contribution is -2.09. The number of aliphatic hydroxyl groups excluding tert-OH is 1. The van der Waals surface area contributed by atoms with E-state index >= 15 is 0 Å². The predicted molar refractivity (Wildman–Crippen MR) is 83.9 cm³/mol. The molecule has 2 aromatic rings. The Kier molecular flexibility index (Phi) is 4.96. The fourth-order valence-electron chi connectivity index (χ4n) is 1.97. The third-order valence-corrected chi connectivity index (χ3v) is 3.42. The van der Waals surface area contributed by atoms with Gasteiger partial charge >= 0.3 is 5.97 Å². The lowest BCUT2D eigenvalue weighted by atomic mass is 10.0. The molecule has 0 saturated heterocycles. The minimum absolute atomic E-state index is 0.374. The van der Waals surface area contributed by atoms with Crippen molar-refractivity contribution in [3.8, 4) is 0 Å². The second kappa shape index (κ2) is 6.91. The first-order chi connectivity index (χ1) is 10.5. The van der Waals surface area contributed by atoms with E-state index in [0.717, 1.165) is 11.1 Å². The first-order valence-corrected chi connectivity index (χ1v) is 6.86. The Bertz CT molecular complexity index is 750. The standard InChI is InChI=1S/C17H13ClO4/c18-14-7-2-1-5-12(14)8-11-4-3-6-13(9-11)15(19)10-16(20)17(21)22/h1-7,9-10,19H,8H2,(H,21,22)/b15-10+. The third kappa shape index (κ3) is 3.96. The van der Waals surface area contributed by atoms with Gasteiger partial charge in [0.2, 0.25) is 0 Å². The number of halogens is 1. The molecule has 112 valence electrons. The van der Waals surface area contributed by atoms with Crippen molar-refractivity contribution >= 4 is 29.1 Å². The highest BCUT2D eigenvalue weighted by atomic mass is 35.5. The van der Waals surface area contributed by atoms with E-state index < -0.39 is 11.8 Å². The molecule has 2 aromatic carbocycles. The zero-order valence-electron chi connectivity index (χ0n) is 11.5. The summed E-state index contributed by atoms with van der Waals surface area (Å²) in [4.78, 5) is 21.6. The van der Waals surface area contributed by atoms with Crippen LogP contribution in [0.4, 0.5) is 0 Å². The summed E-state index contributed by atoms with van der Waals surface area (Å²) in [5.41, 5.74) is 2.19. The van der Waals surface area contributed by atoms with Crippen LogP contribution in [0.25, 0.3) is 5.76 Å². The maximum Gasteiger partial charge on any atom is 0.376 e. The van der Waals surface area contributed by atoms with Gasteiger partial charge in [0.1, 0.15) is 5.76 Å². The average molecular weight is 317 g/mol. The molecule has 2 rings (SSSR count). The Labute approximate surface area is 132 Å². The Morgan fingerprint density at radius 1 is 1.05 bits per heavy atom. The second-order valence-corrected chi connectivity index (χ2v) is 5.07. The fourth-order valence-corrected chi connectivity index (χ4v) is 2.17. The van der Waals surface area contributed by atoms with Crippen LogP contribution >= 0.6 is 11.6 Å². The summed E-state index contributed by atoms with van der Waals surface area (Å²) in [7, 11) is 0. The van der Waals surface area contributed by atoms with Crippen LogP contribution in [-0.2, 0) is 16.0 Å². The second-order valence-electron chi connectivity index (χ2n) is 4.67. The van der Waals surface area contributed by atoms with Crippen LogP contribution in [0.1, 0.15) is 16.7 Å². The minimum atomic E-state index is -1.61. The predicted octanol–water partition coefficient (Wildman–Crippen LogP) is 3.48. The van der Waals surface area contributed by atoms with Crippen molar-refractivity contribution in [2.75, 3.05) is 0 Å². The van der Waals surface area contributed by atoms with Gasteiger partial charge in [0.25, 0.3) is 5.78 Å². The average Bonchev–Trinajstić information content (AvgIpc) is 2.49. The summed E-state index contributed by atoms with van der Waals surface area (Å²) in [5.74, 6) is -3.17. The van der Waals surface area contributed by atoms with E-state index in [1.165, 1.54) is 0 Å². The van der Waals surface area contributed by atoms with Gasteiger partial charge in [-0.15, -0.1) is 0 Å². The molecular formula is C17H13ClO4. The molecule has 0 aromatic heterocycles. The molecule has 0 aliphatic carbocycles. The summed E-state index contributed by atoms with van der Waals surface area (Å²) in [6.07, 6.45) is 1.25. The van der Waals surface area contributed by atoms with E-state index in [-0.39, 0.29) is 5.76 Å². The lowest BCUT2D eigenvalue weighted by molar-refractivity contribution is -0.146. The minimum Gasteiger partial charge on any atom is -0.507 e. The monoisotopic (exact) mass is 316 g/mol. The number of carbonyl (C=O) groups is 2. The summed E-state index contributed by atoms with van der Waals surface area (Å²) >= 11 is 6.11.